The fourth-order valence-corrected chi connectivity index (χ4v) is 4.42. The van der Waals surface area contributed by atoms with Crippen LogP contribution in [0.2, 0.25) is 0 Å². The zero-order valence-electron chi connectivity index (χ0n) is 17.5. The van der Waals surface area contributed by atoms with Crippen LogP contribution >= 0.6 is 22.7 Å². The third-order valence-electron chi connectivity index (χ3n) is 4.36. The number of aromatic nitrogens is 1. The Morgan fingerprint density at radius 3 is 2.77 bits per heavy atom. The number of thiophene rings is 1. The van der Waals surface area contributed by atoms with Crippen molar-refractivity contribution in [3.63, 3.8) is 0 Å². The van der Waals surface area contributed by atoms with Gasteiger partial charge < -0.3 is 20.1 Å². The number of aryl methyl sites for hydroxylation is 1. The Balaban J connectivity index is 1.30. The number of thiazole rings is 1. The van der Waals surface area contributed by atoms with Crippen LogP contribution < -0.4 is 15.4 Å². The first-order valence-corrected chi connectivity index (χ1v) is 11.5. The monoisotopic (exact) mass is 459 g/mol. The Labute approximate surface area is 189 Å². The second-order valence-corrected chi connectivity index (χ2v) is 8.87. The maximum absolute atomic E-state index is 11.9. The summed E-state index contributed by atoms with van der Waals surface area (Å²) in [5.41, 5.74) is 1.82. The lowest BCUT2D eigenvalue weighted by atomic mass is 10.2. The summed E-state index contributed by atoms with van der Waals surface area (Å²) in [6.45, 7) is 2.69. The van der Waals surface area contributed by atoms with E-state index in [2.05, 4.69) is 34.7 Å². The average Bonchev–Trinajstić information content (AvgIpc) is 3.43. The van der Waals surface area contributed by atoms with E-state index >= 15 is 0 Å². The SMILES string of the molecule is COc1ccccc1CNC(=O)COC(=O)CCCNc1nc(-c2ccc(C)s2)cs1. The van der Waals surface area contributed by atoms with Crippen LogP contribution in [0.4, 0.5) is 5.13 Å². The molecular weight excluding hydrogens is 434 g/mol. The second-order valence-electron chi connectivity index (χ2n) is 6.73. The number of anilines is 1. The van der Waals surface area contributed by atoms with E-state index in [1.54, 1.807) is 18.4 Å². The Hall–Kier alpha value is -2.91. The van der Waals surface area contributed by atoms with Crippen molar-refractivity contribution in [2.75, 3.05) is 25.6 Å². The molecule has 7 nitrogen and oxygen atoms in total. The van der Waals surface area contributed by atoms with Crippen LogP contribution in [0.5, 0.6) is 5.75 Å². The molecule has 0 fully saturated rings. The number of hydrogen-bond donors (Lipinski definition) is 2. The number of rotatable bonds is 11. The normalized spacial score (nSPS) is 10.5. The Morgan fingerprint density at radius 2 is 2.00 bits per heavy atom. The average molecular weight is 460 g/mol. The van der Waals surface area contributed by atoms with Gasteiger partial charge in [-0.1, -0.05) is 18.2 Å². The minimum atomic E-state index is -0.400. The number of amides is 1. The van der Waals surface area contributed by atoms with Crippen LogP contribution in [0.25, 0.3) is 10.6 Å². The van der Waals surface area contributed by atoms with Crippen LogP contribution in [0.3, 0.4) is 0 Å². The summed E-state index contributed by atoms with van der Waals surface area (Å²) in [7, 11) is 1.58. The summed E-state index contributed by atoms with van der Waals surface area (Å²) in [5, 5.41) is 8.79. The maximum atomic E-state index is 11.9. The molecule has 0 unspecified atom stereocenters. The molecule has 2 aromatic heterocycles. The van der Waals surface area contributed by atoms with Gasteiger partial charge in [0.05, 0.1) is 17.7 Å². The van der Waals surface area contributed by atoms with E-state index in [1.165, 1.54) is 16.2 Å². The summed E-state index contributed by atoms with van der Waals surface area (Å²) in [6, 6.07) is 11.6. The van der Waals surface area contributed by atoms with E-state index < -0.39 is 5.97 Å². The molecule has 0 radical (unpaired) electrons. The van der Waals surface area contributed by atoms with E-state index in [1.807, 2.05) is 29.6 Å². The molecule has 0 aliphatic carbocycles. The van der Waals surface area contributed by atoms with Gasteiger partial charge in [0.25, 0.3) is 5.91 Å². The highest BCUT2D eigenvalue weighted by molar-refractivity contribution is 7.16. The van der Waals surface area contributed by atoms with Crippen molar-refractivity contribution in [2.24, 2.45) is 0 Å². The molecule has 31 heavy (non-hydrogen) atoms. The minimum Gasteiger partial charge on any atom is -0.496 e. The molecule has 0 saturated heterocycles. The van der Waals surface area contributed by atoms with Gasteiger partial charge in [-0.25, -0.2) is 4.98 Å². The number of nitrogens with zero attached hydrogens (tertiary/aromatic N) is 1. The minimum absolute atomic E-state index is 0.231. The van der Waals surface area contributed by atoms with Gasteiger partial charge in [-0.3, -0.25) is 9.59 Å². The first kappa shape index (κ1) is 22.8. The van der Waals surface area contributed by atoms with E-state index in [-0.39, 0.29) is 18.9 Å². The number of benzene rings is 1. The molecule has 0 saturated carbocycles. The number of carbonyl (C=O) groups excluding carboxylic acids is 2. The fourth-order valence-electron chi connectivity index (χ4n) is 2.78. The van der Waals surface area contributed by atoms with E-state index in [0.29, 0.717) is 25.3 Å². The fraction of sp³-hybridized carbons (Fsp3) is 0.318. The first-order chi connectivity index (χ1) is 15.0. The summed E-state index contributed by atoms with van der Waals surface area (Å²) in [6.07, 6.45) is 0.823. The van der Waals surface area contributed by atoms with Crippen LogP contribution in [0.1, 0.15) is 23.3 Å². The van der Waals surface area contributed by atoms with E-state index in [4.69, 9.17) is 9.47 Å². The maximum Gasteiger partial charge on any atom is 0.306 e. The van der Waals surface area contributed by atoms with Crippen LogP contribution in [-0.4, -0.2) is 37.1 Å². The number of methoxy groups -OCH3 is 1. The first-order valence-electron chi connectivity index (χ1n) is 9.85. The zero-order chi connectivity index (χ0) is 22.1. The highest BCUT2D eigenvalue weighted by atomic mass is 32.1. The van der Waals surface area contributed by atoms with Crippen molar-refractivity contribution >= 4 is 39.7 Å². The largest absolute Gasteiger partial charge is 0.496 e. The Kier molecular flexibility index (Phi) is 8.43. The van der Waals surface area contributed by atoms with Crippen LogP contribution in [-0.2, 0) is 20.9 Å². The molecule has 164 valence electrons. The molecule has 2 N–H and O–H groups in total. The number of esters is 1. The van der Waals surface area contributed by atoms with Gasteiger partial charge in [-0.05, 0) is 31.5 Å². The van der Waals surface area contributed by atoms with Gasteiger partial charge >= 0.3 is 5.97 Å². The van der Waals surface area contributed by atoms with Crippen molar-refractivity contribution in [3.8, 4) is 16.3 Å². The van der Waals surface area contributed by atoms with Crippen molar-refractivity contribution in [1.29, 1.82) is 0 Å². The molecule has 0 spiro atoms. The standard InChI is InChI=1S/C22H25N3O4S2/c1-15-9-10-19(31-15)17-14-30-22(25-17)23-11-5-8-21(27)29-13-20(26)24-12-16-6-3-4-7-18(16)28-2/h3-4,6-7,9-10,14H,5,8,11-13H2,1-2H3,(H,23,25)(H,24,26). The lowest BCUT2D eigenvalue weighted by Gasteiger charge is -2.10. The predicted molar refractivity (Wildman–Crippen MR) is 124 cm³/mol. The lowest BCUT2D eigenvalue weighted by Crippen LogP contribution is -2.28. The molecule has 0 aliphatic rings. The molecule has 1 aromatic carbocycles. The van der Waals surface area contributed by atoms with Crippen molar-refractivity contribution in [3.05, 3.63) is 52.2 Å². The molecule has 2 heterocycles. The van der Waals surface area contributed by atoms with Gasteiger partial charge in [0.2, 0.25) is 0 Å². The molecular formula is C22H25N3O4S2. The van der Waals surface area contributed by atoms with Crippen molar-refractivity contribution in [1.82, 2.24) is 10.3 Å². The molecule has 3 rings (SSSR count). The van der Waals surface area contributed by atoms with E-state index in [9.17, 15) is 9.59 Å². The number of nitrogens with one attached hydrogen (secondary N) is 2. The number of carbonyl (C=O) groups is 2. The molecule has 0 atom stereocenters. The summed E-state index contributed by atoms with van der Waals surface area (Å²) in [5.74, 6) is -0.0511. The van der Waals surface area contributed by atoms with Gasteiger partial charge in [-0.2, -0.15) is 0 Å². The Morgan fingerprint density at radius 1 is 1.16 bits per heavy atom. The summed E-state index contributed by atoms with van der Waals surface area (Å²) >= 11 is 3.25. The van der Waals surface area contributed by atoms with Gasteiger partial charge in [-0.15, -0.1) is 22.7 Å². The molecule has 0 aliphatic heterocycles. The van der Waals surface area contributed by atoms with Crippen molar-refractivity contribution in [2.45, 2.75) is 26.3 Å². The third kappa shape index (κ3) is 7.08. The molecule has 9 heteroatoms. The molecule has 0 bridgehead atoms. The number of hydrogen-bond acceptors (Lipinski definition) is 8. The van der Waals surface area contributed by atoms with Crippen LogP contribution in [0, 0.1) is 6.92 Å². The van der Waals surface area contributed by atoms with Gasteiger partial charge in [0.15, 0.2) is 11.7 Å². The molecule has 1 amide bonds. The van der Waals surface area contributed by atoms with Gasteiger partial charge in [0, 0.05) is 35.3 Å². The van der Waals surface area contributed by atoms with E-state index in [0.717, 1.165) is 21.3 Å². The zero-order valence-corrected chi connectivity index (χ0v) is 19.1. The molecule has 3 aromatic rings. The highest BCUT2D eigenvalue weighted by Crippen LogP contribution is 2.30. The second kappa shape index (κ2) is 11.5. The lowest BCUT2D eigenvalue weighted by molar-refractivity contribution is -0.148. The van der Waals surface area contributed by atoms with Gasteiger partial charge in [0.1, 0.15) is 5.75 Å². The summed E-state index contributed by atoms with van der Waals surface area (Å²) in [4.78, 5) is 30.7. The number of ether oxygens (including phenoxy) is 2. The third-order valence-corrected chi connectivity index (χ3v) is 6.19. The topological polar surface area (TPSA) is 89.5 Å². The Bertz CT molecular complexity index is 1020. The number of para-hydroxylation sites is 1. The smallest absolute Gasteiger partial charge is 0.306 e. The predicted octanol–water partition coefficient (Wildman–Crippen LogP) is 4.24. The van der Waals surface area contributed by atoms with Crippen LogP contribution in [0.15, 0.2) is 41.8 Å². The quantitative estimate of drug-likeness (QED) is 0.329. The highest BCUT2D eigenvalue weighted by Gasteiger charge is 2.10. The summed E-state index contributed by atoms with van der Waals surface area (Å²) < 4.78 is 10.3. The van der Waals surface area contributed by atoms with Crippen molar-refractivity contribution < 1.29 is 19.1 Å².